The van der Waals surface area contributed by atoms with Gasteiger partial charge in [0, 0.05) is 24.2 Å². The zero-order chi connectivity index (χ0) is 21.8. The third kappa shape index (κ3) is 4.41. The predicted octanol–water partition coefficient (Wildman–Crippen LogP) is 4.88. The van der Waals surface area contributed by atoms with Gasteiger partial charge in [-0.1, -0.05) is 96.7 Å². The summed E-state index contributed by atoms with van der Waals surface area (Å²) in [7, 11) is 0. The molecular formula is C26H22N4OS. The summed E-state index contributed by atoms with van der Waals surface area (Å²) in [4.78, 5) is 19.6. The minimum absolute atomic E-state index is 0.0986. The van der Waals surface area contributed by atoms with Crippen LogP contribution in [0, 0.1) is 0 Å². The molecule has 0 N–H and O–H groups in total. The molecular weight excluding hydrogens is 416 g/mol. The summed E-state index contributed by atoms with van der Waals surface area (Å²) in [5.41, 5.74) is 6.01. The van der Waals surface area contributed by atoms with Gasteiger partial charge in [0.25, 0.3) is 0 Å². The van der Waals surface area contributed by atoms with Gasteiger partial charge in [-0.3, -0.25) is 4.79 Å². The molecule has 0 radical (unpaired) electrons. The molecule has 0 unspecified atom stereocenters. The molecule has 0 fully saturated rings. The van der Waals surface area contributed by atoms with Crippen LogP contribution in [0.5, 0.6) is 0 Å². The first-order valence-corrected chi connectivity index (χ1v) is 11.6. The van der Waals surface area contributed by atoms with Crippen LogP contribution < -0.4 is 0 Å². The number of fused-ring (bicyclic) bond motifs is 1. The van der Waals surface area contributed by atoms with Crippen molar-refractivity contribution in [1.82, 2.24) is 20.1 Å². The number of aromatic nitrogens is 3. The highest BCUT2D eigenvalue weighted by molar-refractivity contribution is 7.99. The van der Waals surface area contributed by atoms with Crippen molar-refractivity contribution >= 4 is 17.7 Å². The van der Waals surface area contributed by atoms with Crippen LogP contribution in [0.2, 0.25) is 0 Å². The fourth-order valence-electron chi connectivity index (χ4n) is 3.89. The van der Waals surface area contributed by atoms with Gasteiger partial charge >= 0.3 is 0 Å². The van der Waals surface area contributed by atoms with Crippen molar-refractivity contribution in [2.24, 2.45) is 0 Å². The average Bonchev–Trinajstić information content (AvgIpc) is 2.88. The number of hydrogen-bond donors (Lipinski definition) is 0. The first-order valence-electron chi connectivity index (χ1n) is 10.6. The maximum Gasteiger partial charge on any atom is 0.233 e. The molecule has 1 aliphatic rings. The third-order valence-electron chi connectivity index (χ3n) is 5.57. The molecule has 3 aromatic carbocycles. The molecule has 0 saturated heterocycles. The molecule has 1 aromatic heterocycles. The lowest BCUT2D eigenvalue weighted by molar-refractivity contribution is -0.129. The smallest absolute Gasteiger partial charge is 0.233 e. The average molecular weight is 439 g/mol. The summed E-state index contributed by atoms with van der Waals surface area (Å²) in [5.74, 6) is 0.393. The van der Waals surface area contributed by atoms with Crippen LogP contribution in [-0.4, -0.2) is 38.3 Å². The highest BCUT2D eigenvalue weighted by atomic mass is 32.2. The quantitative estimate of drug-likeness (QED) is 0.416. The Morgan fingerprint density at radius 1 is 0.781 bits per heavy atom. The normalized spacial score (nSPS) is 12.9. The predicted molar refractivity (Wildman–Crippen MR) is 127 cm³/mol. The Balaban J connectivity index is 1.35. The first kappa shape index (κ1) is 20.4. The largest absolute Gasteiger partial charge is 0.337 e. The van der Waals surface area contributed by atoms with E-state index in [4.69, 9.17) is 4.98 Å². The molecule has 0 atom stereocenters. The van der Waals surface area contributed by atoms with Crippen LogP contribution >= 0.6 is 11.8 Å². The van der Waals surface area contributed by atoms with Crippen molar-refractivity contribution in [2.75, 3.05) is 12.3 Å². The van der Waals surface area contributed by atoms with Crippen LogP contribution in [0.4, 0.5) is 0 Å². The molecule has 158 valence electrons. The van der Waals surface area contributed by atoms with E-state index in [0.29, 0.717) is 17.5 Å². The molecule has 1 amide bonds. The third-order valence-corrected chi connectivity index (χ3v) is 6.39. The Hall–Kier alpha value is -3.51. The Kier molecular flexibility index (Phi) is 5.94. The van der Waals surface area contributed by atoms with Gasteiger partial charge in [0.2, 0.25) is 11.1 Å². The Morgan fingerprint density at radius 2 is 1.41 bits per heavy atom. The minimum atomic E-state index is 0.0986. The van der Waals surface area contributed by atoms with Crippen LogP contribution in [0.25, 0.3) is 22.5 Å². The van der Waals surface area contributed by atoms with E-state index in [0.717, 1.165) is 35.5 Å². The monoisotopic (exact) mass is 438 g/mol. The SMILES string of the molecule is O=C(CSc1nnc(-c2ccccc2)c(-c2ccccc2)n1)N1CCc2ccccc2C1. The van der Waals surface area contributed by atoms with Crippen molar-refractivity contribution in [2.45, 2.75) is 18.1 Å². The second-order valence-electron chi connectivity index (χ2n) is 7.65. The van der Waals surface area contributed by atoms with Gasteiger partial charge in [-0.2, -0.15) is 0 Å². The molecule has 0 saturated carbocycles. The van der Waals surface area contributed by atoms with Crippen molar-refractivity contribution < 1.29 is 4.79 Å². The molecule has 6 heteroatoms. The topological polar surface area (TPSA) is 59.0 Å². The fourth-order valence-corrected chi connectivity index (χ4v) is 4.58. The van der Waals surface area contributed by atoms with Gasteiger partial charge in [0.15, 0.2) is 0 Å². The lowest BCUT2D eigenvalue weighted by Gasteiger charge is -2.28. The van der Waals surface area contributed by atoms with E-state index in [1.165, 1.54) is 22.9 Å². The van der Waals surface area contributed by atoms with E-state index in [1.54, 1.807) is 0 Å². The van der Waals surface area contributed by atoms with E-state index in [2.05, 4.69) is 28.4 Å². The van der Waals surface area contributed by atoms with Gasteiger partial charge < -0.3 is 4.90 Å². The lowest BCUT2D eigenvalue weighted by atomic mass is 10.00. The minimum Gasteiger partial charge on any atom is -0.337 e. The van der Waals surface area contributed by atoms with E-state index < -0.39 is 0 Å². The zero-order valence-electron chi connectivity index (χ0n) is 17.5. The summed E-state index contributed by atoms with van der Waals surface area (Å²) >= 11 is 1.34. The summed E-state index contributed by atoms with van der Waals surface area (Å²) in [5, 5.41) is 9.32. The van der Waals surface area contributed by atoms with E-state index >= 15 is 0 Å². The maximum absolute atomic E-state index is 12.9. The zero-order valence-corrected chi connectivity index (χ0v) is 18.3. The summed E-state index contributed by atoms with van der Waals surface area (Å²) < 4.78 is 0. The molecule has 0 bridgehead atoms. The number of amides is 1. The Morgan fingerprint density at radius 3 is 2.12 bits per heavy atom. The number of thioether (sulfide) groups is 1. The highest BCUT2D eigenvalue weighted by Crippen LogP contribution is 2.30. The summed E-state index contributed by atoms with van der Waals surface area (Å²) in [6.07, 6.45) is 0.897. The van der Waals surface area contributed by atoms with Crippen molar-refractivity contribution in [1.29, 1.82) is 0 Å². The van der Waals surface area contributed by atoms with Gasteiger partial charge in [-0.05, 0) is 17.5 Å². The van der Waals surface area contributed by atoms with Crippen LogP contribution in [0.1, 0.15) is 11.1 Å². The van der Waals surface area contributed by atoms with Crippen LogP contribution in [-0.2, 0) is 17.8 Å². The lowest BCUT2D eigenvalue weighted by Crippen LogP contribution is -2.37. The molecule has 5 rings (SSSR count). The molecule has 2 heterocycles. The standard InChI is InChI=1S/C26H22N4OS/c31-23(30-16-15-19-9-7-8-14-22(19)17-30)18-32-26-27-24(20-10-3-1-4-11-20)25(28-29-26)21-12-5-2-6-13-21/h1-14H,15-18H2. The van der Waals surface area contributed by atoms with E-state index in [1.807, 2.05) is 71.6 Å². The summed E-state index contributed by atoms with van der Waals surface area (Å²) in [6, 6.07) is 28.2. The molecule has 32 heavy (non-hydrogen) atoms. The second kappa shape index (κ2) is 9.32. The molecule has 0 aliphatic carbocycles. The van der Waals surface area contributed by atoms with Crippen molar-refractivity contribution in [3.05, 3.63) is 96.1 Å². The number of hydrogen-bond acceptors (Lipinski definition) is 5. The molecule has 1 aliphatic heterocycles. The molecule has 5 nitrogen and oxygen atoms in total. The molecule has 4 aromatic rings. The fraction of sp³-hybridized carbons (Fsp3) is 0.154. The van der Waals surface area contributed by atoms with Gasteiger partial charge in [-0.25, -0.2) is 4.98 Å². The second-order valence-corrected chi connectivity index (χ2v) is 8.59. The number of carbonyl (C=O) groups excluding carboxylic acids is 1. The number of rotatable bonds is 5. The first-order chi connectivity index (χ1) is 15.8. The van der Waals surface area contributed by atoms with Gasteiger partial charge in [-0.15, -0.1) is 10.2 Å². The highest BCUT2D eigenvalue weighted by Gasteiger charge is 2.21. The number of benzene rings is 3. The van der Waals surface area contributed by atoms with Crippen molar-refractivity contribution in [3.8, 4) is 22.5 Å². The van der Waals surface area contributed by atoms with Crippen LogP contribution in [0.15, 0.2) is 90.1 Å². The summed E-state index contributed by atoms with van der Waals surface area (Å²) in [6.45, 7) is 1.41. The van der Waals surface area contributed by atoms with Gasteiger partial charge in [0.05, 0.1) is 5.75 Å². The maximum atomic E-state index is 12.9. The van der Waals surface area contributed by atoms with E-state index in [-0.39, 0.29) is 5.91 Å². The van der Waals surface area contributed by atoms with Crippen molar-refractivity contribution in [3.63, 3.8) is 0 Å². The Labute approximate surface area is 191 Å². The number of carbonyl (C=O) groups is 1. The van der Waals surface area contributed by atoms with E-state index in [9.17, 15) is 4.79 Å². The molecule has 0 spiro atoms. The van der Waals surface area contributed by atoms with Gasteiger partial charge in [0.1, 0.15) is 11.4 Å². The Bertz CT molecular complexity index is 1230. The van der Waals surface area contributed by atoms with Crippen LogP contribution in [0.3, 0.4) is 0 Å². The number of nitrogens with zero attached hydrogens (tertiary/aromatic N) is 4.